The van der Waals surface area contributed by atoms with Crippen LogP contribution in [0.15, 0.2) is 39.7 Å². The van der Waals surface area contributed by atoms with Crippen LogP contribution in [0.3, 0.4) is 0 Å². The van der Waals surface area contributed by atoms with Gasteiger partial charge in [-0.05, 0) is 24.3 Å². The van der Waals surface area contributed by atoms with Crippen molar-refractivity contribution in [1.29, 1.82) is 0 Å². The number of thiophene rings is 1. The van der Waals surface area contributed by atoms with Crippen molar-refractivity contribution in [1.82, 2.24) is 4.98 Å². The molecule has 0 bridgehead atoms. The van der Waals surface area contributed by atoms with E-state index in [-0.39, 0.29) is 6.61 Å². The van der Waals surface area contributed by atoms with Crippen molar-refractivity contribution in [3.05, 3.63) is 40.4 Å². The quantitative estimate of drug-likeness (QED) is 0.914. The molecular formula is C10H8ClNOS2. The average Bonchev–Trinajstić information content (AvgIpc) is 2.69. The summed E-state index contributed by atoms with van der Waals surface area (Å²) in [5, 5.41) is 10.5. The first-order chi connectivity index (χ1) is 7.28. The lowest BCUT2D eigenvalue weighted by molar-refractivity contribution is 0.285. The van der Waals surface area contributed by atoms with Crippen molar-refractivity contribution in [3.8, 4) is 0 Å². The van der Waals surface area contributed by atoms with Crippen LogP contribution in [0, 0.1) is 0 Å². The Hall–Kier alpha value is -0.550. The van der Waals surface area contributed by atoms with Gasteiger partial charge in [-0.25, -0.2) is 4.98 Å². The van der Waals surface area contributed by atoms with Crippen molar-refractivity contribution in [2.24, 2.45) is 0 Å². The van der Waals surface area contributed by atoms with E-state index in [1.54, 1.807) is 29.3 Å². The number of pyridine rings is 1. The van der Waals surface area contributed by atoms with Crippen molar-refractivity contribution in [2.45, 2.75) is 15.8 Å². The van der Waals surface area contributed by atoms with E-state index in [4.69, 9.17) is 16.7 Å². The maximum absolute atomic E-state index is 8.92. The van der Waals surface area contributed by atoms with Crippen LogP contribution in [0.5, 0.6) is 0 Å². The Kier molecular flexibility index (Phi) is 3.64. The monoisotopic (exact) mass is 257 g/mol. The third-order valence-corrected chi connectivity index (χ3v) is 4.07. The molecule has 0 saturated heterocycles. The van der Waals surface area contributed by atoms with E-state index in [9.17, 15) is 0 Å². The lowest BCUT2D eigenvalue weighted by atomic mass is 10.5. The Bertz CT molecular complexity index is 441. The minimum absolute atomic E-state index is 0.0965. The highest BCUT2D eigenvalue weighted by Crippen LogP contribution is 2.32. The minimum atomic E-state index is 0.0965. The van der Waals surface area contributed by atoms with Gasteiger partial charge in [0.25, 0.3) is 0 Å². The fourth-order valence-electron chi connectivity index (χ4n) is 1.02. The van der Waals surface area contributed by atoms with Crippen LogP contribution in [0.4, 0.5) is 0 Å². The van der Waals surface area contributed by atoms with Crippen LogP contribution >= 0.6 is 34.7 Å². The molecule has 0 aliphatic rings. The van der Waals surface area contributed by atoms with Gasteiger partial charge >= 0.3 is 0 Å². The standard InChI is InChI=1S/C10H8ClNOS2/c11-7-1-3-9(12-5-7)15-10-4-2-8(6-13)14-10/h1-5,13H,6H2. The Morgan fingerprint density at radius 3 is 2.80 bits per heavy atom. The van der Waals surface area contributed by atoms with E-state index in [1.165, 1.54) is 0 Å². The maximum Gasteiger partial charge on any atom is 0.102 e. The molecule has 2 rings (SSSR count). The largest absolute Gasteiger partial charge is 0.391 e. The summed E-state index contributed by atoms with van der Waals surface area (Å²) in [4.78, 5) is 5.15. The molecule has 0 amide bonds. The second kappa shape index (κ2) is 4.99. The average molecular weight is 258 g/mol. The van der Waals surface area contributed by atoms with E-state index < -0.39 is 0 Å². The van der Waals surface area contributed by atoms with Crippen LogP contribution in [-0.2, 0) is 6.61 Å². The van der Waals surface area contributed by atoms with Gasteiger partial charge in [0, 0.05) is 11.1 Å². The minimum Gasteiger partial charge on any atom is -0.391 e. The molecule has 0 spiro atoms. The van der Waals surface area contributed by atoms with Crippen LogP contribution < -0.4 is 0 Å². The third-order valence-electron chi connectivity index (χ3n) is 1.70. The SMILES string of the molecule is OCc1ccc(Sc2ccc(Cl)cn2)s1. The van der Waals surface area contributed by atoms with E-state index in [2.05, 4.69) is 4.98 Å². The van der Waals surface area contributed by atoms with Crippen LogP contribution in [-0.4, -0.2) is 10.1 Å². The molecule has 1 N–H and O–H groups in total. The van der Waals surface area contributed by atoms with E-state index in [0.29, 0.717) is 5.02 Å². The molecule has 0 fully saturated rings. The summed E-state index contributed by atoms with van der Waals surface area (Å²) in [6.45, 7) is 0.0965. The number of nitrogens with zero attached hydrogens (tertiary/aromatic N) is 1. The molecule has 0 aliphatic heterocycles. The van der Waals surface area contributed by atoms with Gasteiger partial charge in [0.05, 0.1) is 15.8 Å². The molecule has 5 heteroatoms. The Morgan fingerprint density at radius 2 is 2.20 bits per heavy atom. The summed E-state index contributed by atoms with van der Waals surface area (Å²) in [7, 11) is 0. The summed E-state index contributed by atoms with van der Waals surface area (Å²) in [6, 6.07) is 7.60. The Labute approximate surface area is 101 Å². The zero-order chi connectivity index (χ0) is 10.7. The molecule has 2 aromatic rings. The summed E-state index contributed by atoms with van der Waals surface area (Å²) in [6.07, 6.45) is 1.63. The highest BCUT2D eigenvalue weighted by Gasteiger charge is 2.02. The first-order valence-electron chi connectivity index (χ1n) is 4.27. The number of halogens is 1. The van der Waals surface area contributed by atoms with Gasteiger partial charge in [-0.15, -0.1) is 11.3 Å². The number of aliphatic hydroxyl groups excluding tert-OH is 1. The molecule has 0 radical (unpaired) electrons. The summed E-state index contributed by atoms with van der Waals surface area (Å²) < 4.78 is 1.12. The first kappa shape index (κ1) is 11.0. The topological polar surface area (TPSA) is 33.1 Å². The van der Waals surface area contributed by atoms with Crippen molar-refractivity contribution >= 4 is 34.7 Å². The lowest BCUT2D eigenvalue weighted by Gasteiger charge is -1.96. The molecule has 0 aliphatic carbocycles. The molecule has 0 aromatic carbocycles. The predicted molar refractivity (Wildman–Crippen MR) is 63.6 cm³/mol. The van der Waals surface area contributed by atoms with E-state index in [1.807, 2.05) is 24.3 Å². The van der Waals surface area contributed by atoms with Gasteiger partial charge < -0.3 is 5.11 Å². The van der Waals surface area contributed by atoms with Crippen molar-refractivity contribution in [3.63, 3.8) is 0 Å². The Morgan fingerprint density at radius 1 is 1.33 bits per heavy atom. The predicted octanol–water partition coefficient (Wildman–Crippen LogP) is 3.44. The zero-order valence-corrected chi connectivity index (χ0v) is 10.1. The van der Waals surface area contributed by atoms with Crippen LogP contribution in [0.25, 0.3) is 0 Å². The highest BCUT2D eigenvalue weighted by molar-refractivity contribution is 8.01. The molecule has 0 atom stereocenters. The fraction of sp³-hybridized carbons (Fsp3) is 0.100. The molecular weight excluding hydrogens is 250 g/mol. The van der Waals surface area contributed by atoms with Gasteiger partial charge in [-0.2, -0.15) is 0 Å². The molecule has 2 nitrogen and oxygen atoms in total. The van der Waals surface area contributed by atoms with Gasteiger partial charge in [-0.1, -0.05) is 23.4 Å². The maximum atomic E-state index is 8.92. The molecule has 0 unspecified atom stereocenters. The number of rotatable bonds is 3. The Balaban J connectivity index is 2.11. The number of aliphatic hydroxyl groups is 1. The summed E-state index contributed by atoms with van der Waals surface area (Å²) in [5.74, 6) is 0. The second-order valence-electron chi connectivity index (χ2n) is 2.80. The lowest BCUT2D eigenvalue weighted by Crippen LogP contribution is -1.76. The number of hydrogen-bond donors (Lipinski definition) is 1. The molecule has 15 heavy (non-hydrogen) atoms. The molecule has 2 heterocycles. The summed E-state index contributed by atoms with van der Waals surface area (Å²) >= 11 is 8.88. The van der Waals surface area contributed by atoms with Gasteiger partial charge in [0.15, 0.2) is 0 Å². The fourth-order valence-corrected chi connectivity index (χ4v) is 3.06. The molecule has 78 valence electrons. The zero-order valence-electron chi connectivity index (χ0n) is 7.68. The van der Waals surface area contributed by atoms with Crippen molar-refractivity contribution < 1.29 is 5.11 Å². The second-order valence-corrected chi connectivity index (χ2v) is 5.72. The smallest absolute Gasteiger partial charge is 0.102 e. The summed E-state index contributed by atoms with van der Waals surface area (Å²) in [5.41, 5.74) is 0. The van der Waals surface area contributed by atoms with Crippen LogP contribution in [0.1, 0.15) is 4.88 Å². The normalized spacial score (nSPS) is 10.5. The highest BCUT2D eigenvalue weighted by atomic mass is 35.5. The van der Waals surface area contributed by atoms with Crippen LogP contribution in [0.2, 0.25) is 5.02 Å². The van der Waals surface area contributed by atoms with Gasteiger partial charge in [0.2, 0.25) is 0 Å². The number of aromatic nitrogens is 1. The van der Waals surface area contributed by atoms with Crippen molar-refractivity contribution in [2.75, 3.05) is 0 Å². The first-order valence-corrected chi connectivity index (χ1v) is 6.28. The molecule has 2 aromatic heterocycles. The number of hydrogen-bond acceptors (Lipinski definition) is 4. The van der Waals surface area contributed by atoms with E-state index >= 15 is 0 Å². The van der Waals surface area contributed by atoms with Gasteiger partial charge in [0.1, 0.15) is 5.03 Å². The van der Waals surface area contributed by atoms with E-state index in [0.717, 1.165) is 14.1 Å². The third kappa shape index (κ3) is 2.95. The molecule has 0 saturated carbocycles. The van der Waals surface area contributed by atoms with Gasteiger partial charge in [-0.3, -0.25) is 0 Å².